The first-order valence-electron chi connectivity index (χ1n) is 10.2. The maximum Gasteiger partial charge on any atom is 1.00 e. The second-order valence-corrected chi connectivity index (χ2v) is 10.1. The van der Waals surface area contributed by atoms with E-state index in [0.717, 1.165) is 19.3 Å². The first-order chi connectivity index (χ1) is 13.4. The molecule has 9 nitrogen and oxygen atoms in total. The Morgan fingerprint density at radius 2 is 1.40 bits per heavy atom. The van der Waals surface area contributed by atoms with Crippen LogP contribution in [0.4, 0.5) is 0 Å². The van der Waals surface area contributed by atoms with E-state index in [1.807, 2.05) is 0 Å². The molecule has 0 spiro atoms. The average Bonchev–Trinajstić information content (AvgIpc) is 2.62. The van der Waals surface area contributed by atoms with E-state index in [9.17, 15) is 26.2 Å². The van der Waals surface area contributed by atoms with Crippen LogP contribution in [0.1, 0.15) is 71.1 Å². The van der Waals surface area contributed by atoms with E-state index in [1.165, 1.54) is 43.4 Å². The van der Waals surface area contributed by atoms with Crippen molar-refractivity contribution in [3.05, 3.63) is 0 Å². The molecule has 0 aromatic carbocycles. The molecule has 0 atom stereocenters. The first-order valence-corrected chi connectivity index (χ1v) is 13.4. The van der Waals surface area contributed by atoms with Crippen molar-refractivity contribution >= 4 is 26.1 Å². The van der Waals surface area contributed by atoms with Crippen molar-refractivity contribution in [3.8, 4) is 0 Å². The second-order valence-electron chi connectivity index (χ2n) is 7.05. The van der Waals surface area contributed by atoms with Crippen LogP contribution < -0.4 is 34.9 Å². The molecule has 12 heteroatoms. The van der Waals surface area contributed by atoms with E-state index in [0.29, 0.717) is 6.42 Å². The summed E-state index contributed by atoms with van der Waals surface area (Å²) in [5.74, 6) is -0.780. The Hall–Kier alpha value is 0.250. The van der Waals surface area contributed by atoms with Crippen molar-refractivity contribution in [2.45, 2.75) is 71.1 Å². The van der Waals surface area contributed by atoms with Gasteiger partial charge in [-0.2, -0.15) is 8.42 Å². The molecular weight excluding hydrogens is 443 g/mol. The van der Waals surface area contributed by atoms with Crippen molar-refractivity contribution in [2.75, 3.05) is 38.7 Å². The van der Waals surface area contributed by atoms with Gasteiger partial charge in [-0.15, -0.1) is 0 Å². The number of carbonyl (C=O) groups excluding carboxylic acids is 1. The molecule has 0 aliphatic carbocycles. The summed E-state index contributed by atoms with van der Waals surface area (Å²) in [6, 6.07) is 0. The van der Waals surface area contributed by atoms with E-state index in [4.69, 9.17) is 4.55 Å². The molecule has 2 N–H and O–H groups in total. The van der Waals surface area contributed by atoms with Gasteiger partial charge in [0.2, 0.25) is 5.91 Å². The van der Waals surface area contributed by atoms with Crippen LogP contribution in [-0.2, 0) is 25.0 Å². The Bertz CT molecular complexity index is 614. The summed E-state index contributed by atoms with van der Waals surface area (Å²) in [6.07, 6.45) is 11.3. The van der Waals surface area contributed by atoms with Gasteiger partial charge in [-0.3, -0.25) is 9.35 Å². The fourth-order valence-electron chi connectivity index (χ4n) is 2.38. The monoisotopic (exact) mass is 482 g/mol. The zero-order valence-corrected chi connectivity index (χ0v) is 22.7. The molecule has 0 unspecified atom stereocenters. The molecule has 0 rings (SSSR count). The SMILES string of the molecule is CCCCCCCCCCCC(=O)N(C)CCS(=O)(=O)O.CNCCS(=O)(=O)[O-].[Na+]. The Labute approximate surface area is 205 Å². The van der Waals surface area contributed by atoms with E-state index >= 15 is 0 Å². The van der Waals surface area contributed by atoms with Gasteiger partial charge in [0.15, 0.2) is 0 Å². The number of nitrogens with one attached hydrogen (secondary N) is 1. The third-order valence-corrected chi connectivity index (χ3v) is 5.61. The van der Waals surface area contributed by atoms with Crippen molar-refractivity contribution in [1.82, 2.24) is 10.2 Å². The molecule has 0 saturated heterocycles. The number of unbranched alkanes of at least 4 members (excludes halogenated alkanes) is 8. The minimum Gasteiger partial charge on any atom is -0.748 e. The van der Waals surface area contributed by atoms with Crippen LogP contribution in [0.15, 0.2) is 0 Å². The van der Waals surface area contributed by atoms with E-state index in [1.54, 1.807) is 14.1 Å². The van der Waals surface area contributed by atoms with Crippen LogP contribution in [0.2, 0.25) is 0 Å². The average molecular weight is 483 g/mol. The number of hydrogen-bond donors (Lipinski definition) is 2. The number of amides is 1. The minimum absolute atomic E-state index is 0. The predicted octanol–water partition coefficient (Wildman–Crippen LogP) is -0.991. The van der Waals surface area contributed by atoms with Gasteiger partial charge in [-0.25, -0.2) is 8.42 Å². The van der Waals surface area contributed by atoms with Gasteiger partial charge < -0.3 is 14.8 Å². The normalized spacial score (nSPS) is 11.2. The van der Waals surface area contributed by atoms with Gasteiger partial charge >= 0.3 is 29.6 Å². The predicted molar refractivity (Wildman–Crippen MR) is 114 cm³/mol. The molecule has 0 fully saturated rings. The summed E-state index contributed by atoms with van der Waals surface area (Å²) in [5, 5.41) is 2.55. The molecule has 176 valence electrons. The minimum atomic E-state index is -4.00. The van der Waals surface area contributed by atoms with Crippen molar-refractivity contribution in [2.24, 2.45) is 0 Å². The molecule has 0 aliphatic rings. The van der Waals surface area contributed by atoms with Crippen molar-refractivity contribution in [1.29, 1.82) is 0 Å². The molecule has 30 heavy (non-hydrogen) atoms. The van der Waals surface area contributed by atoms with Crippen molar-refractivity contribution < 1.29 is 60.3 Å². The molecular formula is C18H39N2NaO7S2. The fourth-order valence-corrected chi connectivity index (χ4v) is 3.34. The zero-order valence-electron chi connectivity index (χ0n) is 19.1. The molecule has 0 radical (unpaired) electrons. The summed E-state index contributed by atoms with van der Waals surface area (Å²) in [7, 11) is -4.83. The third kappa shape index (κ3) is 30.4. The topological polar surface area (TPSA) is 144 Å². The van der Waals surface area contributed by atoms with E-state index in [2.05, 4.69) is 12.2 Å². The Morgan fingerprint density at radius 1 is 0.933 bits per heavy atom. The molecule has 1 amide bonds. The fraction of sp³-hybridized carbons (Fsp3) is 0.944. The van der Waals surface area contributed by atoms with Gasteiger partial charge in [0.1, 0.15) is 0 Å². The van der Waals surface area contributed by atoms with E-state index in [-0.39, 0.29) is 54.3 Å². The number of rotatable bonds is 16. The summed E-state index contributed by atoms with van der Waals surface area (Å²) in [5.41, 5.74) is 0. The molecule has 0 aromatic rings. The van der Waals surface area contributed by atoms with Gasteiger partial charge in [-0.05, 0) is 13.5 Å². The maximum atomic E-state index is 11.7. The summed E-state index contributed by atoms with van der Waals surface area (Å²) < 4.78 is 59.2. The van der Waals surface area contributed by atoms with Gasteiger partial charge in [0.25, 0.3) is 10.1 Å². The van der Waals surface area contributed by atoms with Crippen LogP contribution in [0.3, 0.4) is 0 Å². The smallest absolute Gasteiger partial charge is 0.748 e. The zero-order chi connectivity index (χ0) is 22.8. The maximum absolute atomic E-state index is 11.7. The Morgan fingerprint density at radius 3 is 1.77 bits per heavy atom. The third-order valence-electron chi connectivity index (χ3n) is 4.21. The van der Waals surface area contributed by atoms with Crippen LogP contribution >= 0.6 is 0 Å². The number of carbonyl (C=O) groups is 1. The summed E-state index contributed by atoms with van der Waals surface area (Å²) in [4.78, 5) is 13.1. The Kier molecular flexibility index (Phi) is 24.5. The van der Waals surface area contributed by atoms with Gasteiger partial charge in [0.05, 0.1) is 21.6 Å². The second kappa shape index (κ2) is 21.1. The summed E-state index contributed by atoms with van der Waals surface area (Å²) in [6.45, 7) is 2.49. The summed E-state index contributed by atoms with van der Waals surface area (Å²) >= 11 is 0. The number of nitrogens with zero attached hydrogens (tertiary/aromatic N) is 1. The number of hydrogen-bond acceptors (Lipinski definition) is 7. The molecule has 0 aliphatic heterocycles. The van der Waals surface area contributed by atoms with E-state index < -0.39 is 26.0 Å². The molecule has 0 heterocycles. The van der Waals surface area contributed by atoms with Crippen LogP contribution in [0.5, 0.6) is 0 Å². The first kappa shape index (κ1) is 34.9. The van der Waals surface area contributed by atoms with Crippen LogP contribution in [-0.4, -0.2) is 75.4 Å². The van der Waals surface area contributed by atoms with Gasteiger partial charge in [0, 0.05) is 26.6 Å². The molecule has 0 aromatic heterocycles. The van der Waals surface area contributed by atoms with Gasteiger partial charge in [-0.1, -0.05) is 58.3 Å². The quantitative estimate of drug-likeness (QED) is 0.162. The molecule has 0 bridgehead atoms. The van der Waals surface area contributed by atoms with Crippen LogP contribution in [0.25, 0.3) is 0 Å². The van der Waals surface area contributed by atoms with Crippen molar-refractivity contribution in [3.63, 3.8) is 0 Å². The largest absolute Gasteiger partial charge is 1.00 e. The van der Waals surface area contributed by atoms with Crippen LogP contribution in [0, 0.1) is 0 Å². The standard InChI is InChI=1S/C15H31NO4S.C3H9NO3S.Na/c1-3-4-5-6-7-8-9-10-11-12-15(17)16(2)13-14-21(18,19)20;1-4-2-3-8(5,6)7;/h3-14H2,1-2H3,(H,18,19,20);4H,2-3H2,1H3,(H,5,6,7);/q;;+1/p-1. The Balaban J connectivity index is -0.000000686. The molecule has 0 saturated carbocycles.